The third-order valence-electron chi connectivity index (χ3n) is 3.11. The highest BCUT2D eigenvalue weighted by atomic mass is 35.5. The maximum Gasteiger partial charge on any atom is 0.221 e. The van der Waals surface area contributed by atoms with Gasteiger partial charge in [0.15, 0.2) is 0 Å². The summed E-state index contributed by atoms with van der Waals surface area (Å²) < 4.78 is 1.68. The predicted molar refractivity (Wildman–Crippen MR) is 84.5 cm³/mol. The minimum Gasteiger partial charge on any atom is -0.337 e. The van der Waals surface area contributed by atoms with Crippen molar-refractivity contribution in [2.45, 2.75) is 18.9 Å². The van der Waals surface area contributed by atoms with Gasteiger partial charge in [0.2, 0.25) is 5.91 Å². The molecule has 2 aromatic rings. The molecule has 0 aliphatic carbocycles. The average molecular weight is 337 g/mol. The first kappa shape index (κ1) is 16.3. The molecule has 1 aromatic heterocycles. The summed E-state index contributed by atoms with van der Waals surface area (Å²) in [6.45, 7) is 0. The van der Waals surface area contributed by atoms with Crippen LogP contribution in [0.4, 0.5) is 0 Å². The van der Waals surface area contributed by atoms with Gasteiger partial charge in [0.05, 0.1) is 22.3 Å². The lowest BCUT2D eigenvalue weighted by atomic mass is 10.1. The fourth-order valence-corrected chi connectivity index (χ4v) is 2.28. The van der Waals surface area contributed by atoms with E-state index in [1.807, 2.05) is 19.3 Å². The summed E-state index contributed by atoms with van der Waals surface area (Å²) in [6, 6.07) is 6.15. The lowest BCUT2D eigenvalue weighted by Gasteiger charge is -2.12. The Bertz CT molecular complexity index is 721. The molecule has 5 nitrogen and oxygen atoms in total. The Morgan fingerprint density at radius 3 is 2.82 bits per heavy atom. The van der Waals surface area contributed by atoms with Crippen molar-refractivity contribution in [2.24, 2.45) is 7.05 Å². The largest absolute Gasteiger partial charge is 0.337 e. The molecule has 7 heteroatoms. The number of halogens is 2. The SMILES string of the molecule is Cn1cc(CCC(=O)NC(C#N)c2ccc(Cl)c(Cl)c2)cn1. The summed E-state index contributed by atoms with van der Waals surface area (Å²) in [6.07, 6.45) is 4.42. The van der Waals surface area contributed by atoms with Crippen LogP contribution < -0.4 is 5.32 Å². The molecule has 1 atom stereocenters. The zero-order chi connectivity index (χ0) is 16.1. The van der Waals surface area contributed by atoms with Crippen molar-refractivity contribution in [3.8, 4) is 6.07 Å². The van der Waals surface area contributed by atoms with Crippen LogP contribution in [0.15, 0.2) is 30.6 Å². The summed E-state index contributed by atoms with van der Waals surface area (Å²) in [4.78, 5) is 12.0. The molecule has 1 heterocycles. The van der Waals surface area contributed by atoms with Crippen molar-refractivity contribution in [3.63, 3.8) is 0 Å². The molecule has 22 heavy (non-hydrogen) atoms. The molecule has 1 unspecified atom stereocenters. The van der Waals surface area contributed by atoms with E-state index in [1.165, 1.54) is 0 Å². The lowest BCUT2D eigenvalue weighted by molar-refractivity contribution is -0.121. The molecule has 0 aliphatic rings. The number of nitriles is 1. The standard InChI is InChI=1S/C15H14Cl2N4O/c1-21-9-10(8-19-21)2-5-15(22)20-14(7-18)11-3-4-12(16)13(17)6-11/h3-4,6,8-9,14H,2,5H2,1H3,(H,20,22). The predicted octanol–water partition coefficient (Wildman–Crippen LogP) is 3.04. The van der Waals surface area contributed by atoms with Crippen LogP contribution in [-0.4, -0.2) is 15.7 Å². The van der Waals surface area contributed by atoms with Crippen LogP contribution in [0.2, 0.25) is 10.0 Å². The van der Waals surface area contributed by atoms with E-state index in [0.717, 1.165) is 5.56 Å². The van der Waals surface area contributed by atoms with Gasteiger partial charge in [-0.15, -0.1) is 0 Å². The van der Waals surface area contributed by atoms with Crippen molar-refractivity contribution in [1.29, 1.82) is 5.26 Å². The molecule has 2 rings (SSSR count). The third kappa shape index (κ3) is 4.23. The monoisotopic (exact) mass is 336 g/mol. The van der Waals surface area contributed by atoms with E-state index in [0.29, 0.717) is 22.0 Å². The van der Waals surface area contributed by atoms with Crippen LogP contribution in [0.3, 0.4) is 0 Å². The van der Waals surface area contributed by atoms with Crippen molar-refractivity contribution in [3.05, 3.63) is 51.8 Å². The molecule has 0 aliphatic heterocycles. The molecular weight excluding hydrogens is 323 g/mol. The maximum atomic E-state index is 12.0. The van der Waals surface area contributed by atoms with Crippen molar-refractivity contribution >= 4 is 29.1 Å². The number of aromatic nitrogens is 2. The van der Waals surface area contributed by atoms with E-state index in [-0.39, 0.29) is 12.3 Å². The molecule has 0 radical (unpaired) electrons. The lowest BCUT2D eigenvalue weighted by Crippen LogP contribution is -2.27. The van der Waals surface area contributed by atoms with Gasteiger partial charge in [-0.05, 0) is 29.7 Å². The highest BCUT2D eigenvalue weighted by Crippen LogP contribution is 2.25. The molecule has 1 amide bonds. The zero-order valence-electron chi connectivity index (χ0n) is 11.9. The minimum absolute atomic E-state index is 0.207. The molecule has 1 N–H and O–H groups in total. The first-order valence-corrected chi connectivity index (χ1v) is 7.36. The number of carbonyl (C=O) groups is 1. The molecule has 0 bridgehead atoms. The Hall–Kier alpha value is -2.03. The van der Waals surface area contributed by atoms with Crippen LogP contribution in [0.1, 0.15) is 23.6 Å². The van der Waals surface area contributed by atoms with E-state index in [9.17, 15) is 10.1 Å². The highest BCUT2D eigenvalue weighted by Gasteiger charge is 2.15. The van der Waals surface area contributed by atoms with Gasteiger partial charge < -0.3 is 5.32 Å². The Labute approximate surface area is 138 Å². The van der Waals surface area contributed by atoms with Crippen molar-refractivity contribution in [1.82, 2.24) is 15.1 Å². The van der Waals surface area contributed by atoms with Crippen molar-refractivity contribution in [2.75, 3.05) is 0 Å². The van der Waals surface area contributed by atoms with Gasteiger partial charge in [-0.3, -0.25) is 9.48 Å². The summed E-state index contributed by atoms with van der Waals surface area (Å²) >= 11 is 11.8. The van der Waals surface area contributed by atoms with Gasteiger partial charge in [0, 0.05) is 19.7 Å². The van der Waals surface area contributed by atoms with Gasteiger partial charge in [-0.25, -0.2) is 0 Å². The summed E-state index contributed by atoms with van der Waals surface area (Å²) in [7, 11) is 1.82. The maximum absolute atomic E-state index is 12.0. The van der Waals surface area contributed by atoms with Gasteiger partial charge >= 0.3 is 0 Å². The molecular formula is C15H14Cl2N4O. The Morgan fingerprint density at radius 2 is 2.23 bits per heavy atom. The summed E-state index contributed by atoms with van der Waals surface area (Å²) in [5.74, 6) is -0.207. The van der Waals surface area contributed by atoms with Crippen molar-refractivity contribution < 1.29 is 4.79 Å². The van der Waals surface area contributed by atoms with Gasteiger partial charge in [0.25, 0.3) is 0 Å². The fraction of sp³-hybridized carbons (Fsp3) is 0.267. The first-order chi connectivity index (χ1) is 10.5. The fourth-order valence-electron chi connectivity index (χ4n) is 1.97. The van der Waals surface area contributed by atoms with Crippen LogP contribution in [-0.2, 0) is 18.3 Å². The van der Waals surface area contributed by atoms with E-state index >= 15 is 0 Å². The number of hydrogen-bond donors (Lipinski definition) is 1. The third-order valence-corrected chi connectivity index (χ3v) is 3.85. The normalized spacial score (nSPS) is 11.7. The van der Waals surface area contributed by atoms with Gasteiger partial charge in [-0.2, -0.15) is 10.4 Å². The number of nitrogens with zero attached hydrogens (tertiary/aromatic N) is 3. The van der Waals surface area contributed by atoms with E-state index in [1.54, 1.807) is 29.1 Å². The van der Waals surface area contributed by atoms with E-state index in [4.69, 9.17) is 23.2 Å². The Balaban J connectivity index is 1.96. The van der Waals surface area contributed by atoms with Crippen LogP contribution in [0.25, 0.3) is 0 Å². The van der Waals surface area contributed by atoms with E-state index < -0.39 is 6.04 Å². The molecule has 1 aromatic carbocycles. The number of carbonyl (C=O) groups excluding carboxylic acids is 1. The number of hydrogen-bond acceptors (Lipinski definition) is 3. The Kier molecular flexibility index (Phi) is 5.42. The number of rotatable bonds is 5. The first-order valence-electron chi connectivity index (χ1n) is 6.61. The number of aryl methyl sites for hydroxylation is 2. The van der Waals surface area contributed by atoms with Gasteiger partial charge in [-0.1, -0.05) is 29.3 Å². The van der Waals surface area contributed by atoms with Crippen LogP contribution in [0.5, 0.6) is 0 Å². The molecule has 114 valence electrons. The minimum atomic E-state index is -0.754. The topological polar surface area (TPSA) is 70.7 Å². The van der Waals surface area contributed by atoms with Gasteiger partial charge in [0.1, 0.15) is 6.04 Å². The number of nitrogens with one attached hydrogen (secondary N) is 1. The molecule has 0 fully saturated rings. The molecule has 0 spiro atoms. The summed E-state index contributed by atoms with van der Waals surface area (Å²) in [5, 5.41) is 16.7. The second kappa shape index (κ2) is 7.30. The Morgan fingerprint density at radius 1 is 1.45 bits per heavy atom. The summed E-state index contributed by atoms with van der Waals surface area (Å²) in [5.41, 5.74) is 1.58. The second-order valence-electron chi connectivity index (χ2n) is 4.83. The van der Waals surface area contributed by atoms with E-state index in [2.05, 4.69) is 10.4 Å². The van der Waals surface area contributed by atoms with Crippen LogP contribution in [0, 0.1) is 11.3 Å². The number of amides is 1. The zero-order valence-corrected chi connectivity index (χ0v) is 13.4. The molecule has 0 saturated carbocycles. The highest BCUT2D eigenvalue weighted by molar-refractivity contribution is 6.42. The number of benzene rings is 1. The average Bonchev–Trinajstić information content (AvgIpc) is 2.91. The second-order valence-corrected chi connectivity index (χ2v) is 5.64. The molecule has 0 saturated heterocycles. The van der Waals surface area contributed by atoms with Crippen LogP contribution >= 0.6 is 23.2 Å². The quantitative estimate of drug-likeness (QED) is 0.912. The smallest absolute Gasteiger partial charge is 0.221 e.